The van der Waals surface area contributed by atoms with Gasteiger partial charge in [0.1, 0.15) is 11.9 Å². The molecule has 0 aliphatic rings. The lowest BCUT2D eigenvalue weighted by molar-refractivity contribution is 0.0694. The van der Waals surface area contributed by atoms with Crippen molar-refractivity contribution in [1.82, 2.24) is 15.3 Å². The van der Waals surface area contributed by atoms with Gasteiger partial charge in [0.05, 0.1) is 10.0 Å². The molecule has 0 aromatic carbocycles. The van der Waals surface area contributed by atoms with E-state index in [1.165, 1.54) is 23.9 Å². The summed E-state index contributed by atoms with van der Waals surface area (Å²) in [6.07, 6.45) is 2.65. The van der Waals surface area contributed by atoms with Gasteiger partial charge in [0, 0.05) is 23.7 Å². The third-order valence-corrected chi connectivity index (χ3v) is 4.04. The Balaban J connectivity index is 2.05. The summed E-state index contributed by atoms with van der Waals surface area (Å²) in [5.74, 6) is -1.02. The quantitative estimate of drug-likeness (QED) is 0.887. The van der Waals surface area contributed by atoms with Crippen molar-refractivity contribution in [2.45, 2.75) is 19.5 Å². The third kappa shape index (κ3) is 3.50. The van der Waals surface area contributed by atoms with Crippen LogP contribution in [0.2, 0.25) is 4.34 Å². The molecule has 0 radical (unpaired) electrons. The van der Waals surface area contributed by atoms with E-state index < -0.39 is 5.97 Å². The number of halogens is 1. The maximum absolute atomic E-state index is 11.0. The molecule has 0 spiro atoms. The monoisotopic (exact) mass is 297 g/mol. The van der Waals surface area contributed by atoms with E-state index >= 15 is 0 Å². The Hall–Kier alpha value is -1.50. The molecule has 0 fully saturated rings. The Kier molecular flexibility index (Phi) is 4.47. The van der Waals surface area contributed by atoms with Gasteiger partial charge >= 0.3 is 5.97 Å². The zero-order chi connectivity index (χ0) is 13.8. The third-order valence-electron chi connectivity index (χ3n) is 2.62. The Morgan fingerprint density at radius 2 is 2.37 bits per heavy atom. The minimum Gasteiger partial charge on any atom is -0.478 e. The number of nitrogens with one attached hydrogen (secondary N) is 1. The average molecular weight is 298 g/mol. The number of rotatable bonds is 5. The van der Waals surface area contributed by atoms with Crippen LogP contribution >= 0.6 is 22.9 Å². The summed E-state index contributed by atoms with van der Waals surface area (Å²) in [6.45, 7) is 2.35. The molecule has 1 atom stereocenters. The van der Waals surface area contributed by atoms with Gasteiger partial charge in [-0.3, -0.25) is 0 Å². The SMILES string of the molecule is CC(NCc1ncncc1C(=O)O)c1ccc(Cl)s1. The zero-order valence-corrected chi connectivity index (χ0v) is 11.7. The fourth-order valence-electron chi connectivity index (χ4n) is 1.59. The van der Waals surface area contributed by atoms with E-state index in [0.29, 0.717) is 12.2 Å². The lowest BCUT2D eigenvalue weighted by atomic mass is 10.2. The second-order valence-electron chi connectivity index (χ2n) is 3.93. The van der Waals surface area contributed by atoms with E-state index in [1.54, 1.807) is 0 Å². The molecule has 2 N–H and O–H groups in total. The molecule has 0 saturated carbocycles. The Labute approximate surface area is 119 Å². The number of hydrogen-bond donors (Lipinski definition) is 2. The molecule has 2 heterocycles. The fourth-order valence-corrected chi connectivity index (χ4v) is 2.67. The van der Waals surface area contributed by atoms with Crippen LogP contribution in [-0.4, -0.2) is 21.0 Å². The van der Waals surface area contributed by atoms with Gasteiger partial charge in [-0.1, -0.05) is 11.6 Å². The summed E-state index contributed by atoms with van der Waals surface area (Å²) in [5, 5.41) is 12.3. The average Bonchev–Trinajstić information content (AvgIpc) is 2.83. The minimum absolute atomic E-state index is 0.0779. The van der Waals surface area contributed by atoms with Crippen molar-refractivity contribution in [3.8, 4) is 0 Å². The molecule has 100 valence electrons. The van der Waals surface area contributed by atoms with Crippen molar-refractivity contribution < 1.29 is 9.90 Å². The molecule has 0 saturated heterocycles. The van der Waals surface area contributed by atoms with Crippen LogP contribution in [0.3, 0.4) is 0 Å². The summed E-state index contributed by atoms with van der Waals surface area (Å²) >= 11 is 7.38. The largest absolute Gasteiger partial charge is 0.478 e. The molecular formula is C12H12ClN3O2S. The van der Waals surface area contributed by atoms with Crippen LogP contribution in [-0.2, 0) is 6.54 Å². The van der Waals surface area contributed by atoms with Crippen LogP contribution in [0, 0.1) is 0 Å². The van der Waals surface area contributed by atoms with Gasteiger partial charge in [-0.25, -0.2) is 14.8 Å². The Morgan fingerprint density at radius 3 is 3.00 bits per heavy atom. The van der Waals surface area contributed by atoms with Gasteiger partial charge in [-0.2, -0.15) is 0 Å². The molecule has 2 aromatic rings. The molecule has 2 rings (SSSR count). The molecule has 5 nitrogen and oxygen atoms in total. The van der Waals surface area contributed by atoms with Crippen molar-refractivity contribution >= 4 is 28.9 Å². The van der Waals surface area contributed by atoms with Crippen LogP contribution < -0.4 is 5.32 Å². The van der Waals surface area contributed by atoms with Gasteiger partial charge in [0.15, 0.2) is 0 Å². The smallest absolute Gasteiger partial charge is 0.339 e. The van der Waals surface area contributed by atoms with E-state index in [0.717, 1.165) is 9.21 Å². The van der Waals surface area contributed by atoms with E-state index in [2.05, 4.69) is 15.3 Å². The molecule has 2 aromatic heterocycles. The zero-order valence-electron chi connectivity index (χ0n) is 10.1. The predicted molar refractivity (Wildman–Crippen MR) is 73.6 cm³/mol. The number of aromatic carboxylic acids is 1. The number of aromatic nitrogens is 2. The molecule has 0 amide bonds. The normalized spacial score (nSPS) is 12.3. The standard InChI is InChI=1S/C12H12ClN3O2S/c1-7(10-2-3-11(13)19-10)15-5-9-8(12(17)18)4-14-6-16-9/h2-4,6-7,15H,5H2,1H3,(H,17,18). The van der Waals surface area contributed by atoms with E-state index in [9.17, 15) is 4.79 Å². The van der Waals surface area contributed by atoms with Gasteiger partial charge in [-0.15, -0.1) is 11.3 Å². The van der Waals surface area contributed by atoms with Crippen molar-refractivity contribution in [1.29, 1.82) is 0 Å². The second kappa shape index (κ2) is 6.10. The van der Waals surface area contributed by atoms with Crippen LogP contribution in [0.25, 0.3) is 0 Å². The summed E-state index contributed by atoms with van der Waals surface area (Å²) < 4.78 is 0.733. The first-order chi connectivity index (χ1) is 9.08. The van der Waals surface area contributed by atoms with Crippen LogP contribution in [0.5, 0.6) is 0 Å². The highest BCUT2D eigenvalue weighted by Crippen LogP contribution is 2.26. The van der Waals surface area contributed by atoms with E-state index in [4.69, 9.17) is 16.7 Å². The highest BCUT2D eigenvalue weighted by Gasteiger charge is 2.13. The summed E-state index contributed by atoms with van der Waals surface area (Å²) in [4.78, 5) is 19.8. The molecule has 0 aliphatic carbocycles. The van der Waals surface area contributed by atoms with Crippen LogP contribution in [0.1, 0.15) is 33.9 Å². The van der Waals surface area contributed by atoms with Crippen molar-refractivity contribution in [2.75, 3.05) is 0 Å². The van der Waals surface area contributed by atoms with Crippen molar-refractivity contribution in [3.63, 3.8) is 0 Å². The minimum atomic E-state index is -1.02. The highest BCUT2D eigenvalue weighted by atomic mass is 35.5. The molecule has 0 aliphatic heterocycles. The van der Waals surface area contributed by atoms with Gasteiger partial charge in [0.25, 0.3) is 0 Å². The first kappa shape index (κ1) is 13.9. The number of carboxylic acid groups (broad SMARTS) is 1. The number of hydrogen-bond acceptors (Lipinski definition) is 5. The number of nitrogens with zero attached hydrogens (tertiary/aromatic N) is 2. The van der Waals surface area contributed by atoms with Gasteiger partial charge in [-0.05, 0) is 19.1 Å². The molecule has 19 heavy (non-hydrogen) atoms. The van der Waals surface area contributed by atoms with Crippen molar-refractivity contribution in [3.05, 3.63) is 45.1 Å². The Morgan fingerprint density at radius 1 is 1.58 bits per heavy atom. The molecule has 7 heteroatoms. The maximum Gasteiger partial charge on any atom is 0.339 e. The van der Waals surface area contributed by atoms with Crippen LogP contribution in [0.4, 0.5) is 0 Å². The lowest BCUT2D eigenvalue weighted by Gasteiger charge is -2.12. The fraction of sp³-hybridized carbons (Fsp3) is 0.250. The molecular weight excluding hydrogens is 286 g/mol. The Bertz CT molecular complexity index is 588. The number of thiophene rings is 1. The summed E-state index contributed by atoms with van der Waals surface area (Å²) in [6, 6.07) is 3.87. The first-order valence-corrected chi connectivity index (χ1v) is 6.78. The molecule has 0 bridgehead atoms. The molecule has 1 unspecified atom stereocenters. The summed E-state index contributed by atoms with van der Waals surface area (Å²) in [5.41, 5.74) is 0.586. The van der Waals surface area contributed by atoms with Gasteiger partial charge in [0.2, 0.25) is 0 Å². The lowest BCUT2D eigenvalue weighted by Crippen LogP contribution is -2.20. The van der Waals surface area contributed by atoms with Crippen LogP contribution in [0.15, 0.2) is 24.7 Å². The highest BCUT2D eigenvalue weighted by molar-refractivity contribution is 7.16. The second-order valence-corrected chi connectivity index (χ2v) is 5.68. The first-order valence-electron chi connectivity index (χ1n) is 5.58. The predicted octanol–water partition coefficient (Wildman–Crippen LogP) is 2.74. The summed E-state index contributed by atoms with van der Waals surface area (Å²) in [7, 11) is 0. The van der Waals surface area contributed by atoms with Crippen molar-refractivity contribution in [2.24, 2.45) is 0 Å². The number of carboxylic acids is 1. The van der Waals surface area contributed by atoms with Gasteiger partial charge < -0.3 is 10.4 Å². The topological polar surface area (TPSA) is 75.1 Å². The number of carbonyl (C=O) groups is 1. The van der Waals surface area contributed by atoms with E-state index in [-0.39, 0.29) is 11.6 Å². The maximum atomic E-state index is 11.0. The van der Waals surface area contributed by atoms with E-state index in [1.807, 2.05) is 19.1 Å².